The van der Waals surface area contributed by atoms with Gasteiger partial charge in [0.25, 0.3) is 5.56 Å². The van der Waals surface area contributed by atoms with Crippen molar-refractivity contribution in [3.8, 4) is 11.3 Å². The summed E-state index contributed by atoms with van der Waals surface area (Å²) in [5.41, 5.74) is 8.73. The molecule has 0 spiro atoms. The fraction of sp³-hybridized carbons (Fsp3) is 0.167. The number of carbonyl (C=O) groups is 2. The predicted octanol–water partition coefficient (Wildman–Crippen LogP) is 3.78. The largest absolute Gasteiger partial charge is 0.384 e. The Morgan fingerprint density at radius 2 is 1.73 bits per heavy atom. The summed E-state index contributed by atoms with van der Waals surface area (Å²) in [4.78, 5) is 42.6. The van der Waals surface area contributed by atoms with Crippen molar-refractivity contribution in [3.05, 3.63) is 111 Å². The number of hydrogen-bond acceptors (Lipinski definition) is 6. The van der Waals surface area contributed by atoms with Crippen LogP contribution in [0.2, 0.25) is 5.15 Å². The summed E-state index contributed by atoms with van der Waals surface area (Å²) in [6.45, 7) is 1.72. The van der Waals surface area contributed by atoms with Crippen LogP contribution in [-0.4, -0.2) is 33.7 Å². The molecule has 0 aliphatic heterocycles. The van der Waals surface area contributed by atoms with Gasteiger partial charge in [0.2, 0.25) is 11.8 Å². The zero-order valence-electron chi connectivity index (χ0n) is 22.4. The molecular formula is C30H30ClN7O3. The van der Waals surface area contributed by atoms with E-state index in [1.807, 2.05) is 30.3 Å². The Bertz CT molecular complexity index is 1620. The number of nitrogens with zero attached hydrogens (tertiary/aromatic N) is 2. The summed E-state index contributed by atoms with van der Waals surface area (Å²) in [6.07, 6.45) is 0.656. The van der Waals surface area contributed by atoms with E-state index in [9.17, 15) is 14.4 Å². The maximum Gasteiger partial charge on any atom is 0.294 e. The molecule has 4 rings (SSSR count). The highest BCUT2D eigenvalue weighted by atomic mass is 35.5. The van der Waals surface area contributed by atoms with Crippen LogP contribution in [-0.2, 0) is 29.1 Å². The van der Waals surface area contributed by atoms with E-state index < -0.39 is 11.5 Å². The number of nitrogens with one attached hydrogen (secondary N) is 4. The van der Waals surface area contributed by atoms with Gasteiger partial charge >= 0.3 is 0 Å². The Labute approximate surface area is 242 Å². The summed E-state index contributed by atoms with van der Waals surface area (Å²) in [7, 11) is 0. The number of halogens is 1. The molecule has 3 aromatic carbocycles. The van der Waals surface area contributed by atoms with Gasteiger partial charge in [-0.15, -0.1) is 0 Å². The van der Waals surface area contributed by atoms with Crippen LogP contribution in [0.1, 0.15) is 23.6 Å². The molecule has 0 saturated carbocycles. The minimum atomic E-state index is -0.511. The van der Waals surface area contributed by atoms with Crippen LogP contribution < -0.4 is 27.2 Å². The first-order valence-electron chi connectivity index (χ1n) is 12.9. The Balaban J connectivity index is 1.61. The van der Waals surface area contributed by atoms with Gasteiger partial charge < -0.3 is 21.7 Å². The first-order chi connectivity index (χ1) is 19.7. The number of amides is 2. The summed E-state index contributed by atoms with van der Waals surface area (Å²) >= 11 is 6.63. The lowest BCUT2D eigenvalue weighted by atomic mass is 10.1. The topological polar surface area (TPSA) is 155 Å². The maximum absolute atomic E-state index is 13.6. The van der Waals surface area contributed by atoms with E-state index in [0.717, 1.165) is 11.1 Å². The molecule has 0 atom stereocenters. The summed E-state index contributed by atoms with van der Waals surface area (Å²) < 4.78 is 1.28. The molecule has 210 valence electrons. The van der Waals surface area contributed by atoms with Crippen molar-refractivity contribution >= 4 is 40.8 Å². The van der Waals surface area contributed by atoms with Crippen molar-refractivity contribution in [1.82, 2.24) is 14.9 Å². The fourth-order valence-corrected chi connectivity index (χ4v) is 4.50. The fourth-order valence-electron chi connectivity index (χ4n) is 4.20. The van der Waals surface area contributed by atoms with Crippen molar-refractivity contribution < 1.29 is 9.59 Å². The van der Waals surface area contributed by atoms with Gasteiger partial charge in [-0.3, -0.25) is 24.4 Å². The van der Waals surface area contributed by atoms with Gasteiger partial charge in [0.15, 0.2) is 11.0 Å². The number of hydrogen-bond donors (Lipinski definition) is 5. The second-order valence-electron chi connectivity index (χ2n) is 9.30. The molecule has 41 heavy (non-hydrogen) atoms. The van der Waals surface area contributed by atoms with E-state index in [1.54, 1.807) is 48.5 Å². The average molecular weight is 572 g/mol. The van der Waals surface area contributed by atoms with Gasteiger partial charge in [-0.05, 0) is 29.7 Å². The van der Waals surface area contributed by atoms with E-state index in [1.165, 1.54) is 11.5 Å². The smallest absolute Gasteiger partial charge is 0.294 e. The van der Waals surface area contributed by atoms with Crippen LogP contribution in [0.5, 0.6) is 0 Å². The number of anilines is 2. The average Bonchev–Trinajstić information content (AvgIpc) is 2.95. The van der Waals surface area contributed by atoms with Crippen LogP contribution in [0.3, 0.4) is 0 Å². The lowest BCUT2D eigenvalue weighted by Crippen LogP contribution is -2.34. The molecular weight excluding hydrogens is 542 g/mol. The number of nitrogen functional groups attached to an aromatic ring is 1. The van der Waals surface area contributed by atoms with Gasteiger partial charge in [0, 0.05) is 36.8 Å². The molecule has 6 N–H and O–H groups in total. The van der Waals surface area contributed by atoms with E-state index in [-0.39, 0.29) is 41.5 Å². The minimum Gasteiger partial charge on any atom is -0.384 e. The van der Waals surface area contributed by atoms with Crippen LogP contribution in [0.15, 0.2) is 83.7 Å². The molecule has 0 radical (unpaired) electrons. The van der Waals surface area contributed by atoms with Gasteiger partial charge in [-0.1, -0.05) is 78.3 Å². The number of benzene rings is 3. The third-order valence-corrected chi connectivity index (χ3v) is 6.45. The molecule has 1 aromatic heterocycles. The molecule has 0 aliphatic rings. The zero-order valence-corrected chi connectivity index (χ0v) is 23.2. The first kappa shape index (κ1) is 29.0. The Kier molecular flexibility index (Phi) is 9.49. The summed E-state index contributed by atoms with van der Waals surface area (Å²) in [6, 6.07) is 23.5. The van der Waals surface area contributed by atoms with E-state index >= 15 is 0 Å². The van der Waals surface area contributed by atoms with Crippen LogP contribution in [0, 0.1) is 5.41 Å². The van der Waals surface area contributed by atoms with Crippen molar-refractivity contribution in [2.24, 2.45) is 5.73 Å². The van der Waals surface area contributed by atoms with Gasteiger partial charge in [-0.25, -0.2) is 4.98 Å². The van der Waals surface area contributed by atoms with Crippen molar-refractivity contribution in [2.45, 2.75) is 26.4 Å². The standard InChI is InChI=1S/C30H30ClN7O3/c1-19(39)36-24-9-5-8-23(16-24)26-27(31)37-29(34-15-14-20-6-3-2-4-7-20)30(41)38(26)18-25(40)35-17-21-10-12-22(13-11-21)28(32)33/h2-13,16H,14-15,17-18H2,1H3,(H3,32,33)(H,34,37)(H,35,40)(H,36,39). The molecule has 0 fully saturated rings. The van der Waals surface area contributed by atoms with Gasteiger partial charge in [0.05, 0.1) is 5.69 Å². The van der Waals surface area contributed by atoms with E-state index in [0.29, 0.717) is 29.8 Å². The Hall–Kier alpha value is -4.96. The van der Waals surface area contributed by atoms with Crippen LogP contribution in [0.4, 0.5) is 11.5 Å². The zero-order chi connectivity index (χ0) is 29.4. The Morgan fingerprint density at radius 3 is 2.41 bits per heavy atom. The second-order valence-corrected chi connectivity index (χ2v) is 9.66. The molecule has 1 heterocycles. The third kappa shape index (κ3) is 7.80. The normalized spacial score (nSPS) is 10.6. The molecule has 0 saturated heterocycles. The molecule has 0 unspecified atom stereocenters. The highest BCUT2D eigenvalue weighted by Gasteiger charge is 2.20. The highest BCUT2D eigenvalue weighted by molar-refractivity contribution is 6.32. The molecule has 2 amide bonds. The molecule has 0 bridgehead atoms. The quantitative estimate of drug-likeness (QED) is 0.136. The number of aromatic nitrogens is 2. The van der Waals surface area contributed by atoms with Crippen molar-refractivity contribution in [3.63, 3.8) is 0 Å². The van der Waals surface area contributed by atoms with Crippen molar-refractivity contribution in [2.75, 3.05) is 17.2 Å². The Morgan fingerprint density at radius 1 is 1.00 bits per heavy atom. The molecule has 4 aromatic rings. The summed E-state index contributed by atoms with van der Waals surface area (Å²) in [5.74, 6) is -0.685. The number of nitrogens with two attached hydrogens (primary N) is 1. The predicted molar refractivity (Wildman–Crippen MR) is 161 cm³/mol. The van der Waals surface area contributed by atoms with Crippen LogP contribution >= 0.6 is 11.6 Å². The molecule has 11 heteroatoms. The third-order valence-electron chi connectivity index (χ3n) is 6.18. The van der Waals surface area contributed by atoms with E-state index in [2.05, 4.69) is 20.9 Å². The second kappa shape index (κ2) is 13.4. The monoisotopic (exact) mass is 571 g/mol. The van der Waals surface area contributed by atoms with E-state index in [4.69, 9.17) is 22.7 Å². The van der Waals surface area contributed by atoms with Crippen molar-refractivity contribution in [1.29, 1.82) is 5.41 Å². The number of rotatable bonds is 11. The SMILES string of the molecule is CC(=O)Nc1cccc(-c2c(Cl)nc(NCCc3ccccc3)c(=O)n2CC(=O)NCc2ccc(C(=N)N)cc2)c1. The summed E-state index contributed by atoms with van der Waals surface area (Å²) in [5, 5.41) is 16.1. The van der Waals surface area contributed by atoms with Crippen LogP contribution in [0.25, 0.3) is 11.3 Å². The molecule has 0 aliphatic carbocycles. The minimum absolute atomic E-state index is 0.0272. The first-order valence-corrected chi connectivity index (χ1v) is 13.2. The van der Waals surface area contributed by atoms with Gasteiger partial charge in [-0.2, -0.15) is 0 Å². The molecule has 10 nitrogen and oxygen atoms in total. The lowest BCUT2D eigenvalue weighted by molar-refractivity contribution is -0.121. The lowest BCUT2D eigenvalue weighted by Gasteiger charge is -2.17. The number of carbonyl (C=O) groups excluding carboxylic acids is 2. The number of amidine groups is 1. The van der Waals surface area contributed by atoms with Gasteiger partial charge in [0.1, 0.15) is 12.4 Å². The maximum atomic E-state index is 13.6. The highest BCUT2D eigenvalue weighted by Crippen LogP contribution is 2.28.